The largest absolute Gasteiger partial charge is 0.296 e. The number of halogens is 1. The van der Waals surface area contributed by atoms with E-state index in [2.05, 4.69) is 10.2 Å². The van der Waals surface area contributed by atoms with E-state index in [4.69, 9.17) is 16.7 Å². The second-order valence-corrected chi connectivity index (χ2v) is 6.78. The van der Waals surface area contributed by atoms with Gasteiger partial charge in [-0.15, -0.1) is 21.5 Å². The van der Waals surface area contributed by atoms with Crippen molar-refractivity contribution in [3.63, 3.8) is 0 Å². The van der Waals surface area contributed by atoms with Gasteiger partial charge in [0.15, 0.2) is 5.82 Å². The van der Waals surface area contributed by atoms with Gasteiger partial charge in [0.25, 0.3) is 15.2 Å². The molecule has 0 spiro atoms. The van der Waals surface area contributed by atoms with Gasteiger partial charge < -0.3 is 0 Å². The number of rotatable bonds is 4. The van der Waals surface area contributed by atoms with Crippen LogP contribution >= 0.6 is 22.9 Å². The molecule has 0 unspecified atom stereocenters. The Bertz CT molecular complexity index is 662. The topological polar surface area (TPSA) is 90.9 Å². The molecule has 0 radical (unpaired) electrons. The number of sulfonamides is 1. The molecule has 2 aromatic rings. The molecule has 0 bridgehead atoms. The molecule has 98 valence electrons. The molecule has 2 N–H and O–H groups in total. The number of hydrogen-bond donors (Lipinski definition) is 1. The quantitative estimate of drug-likeness (QED) is 0.931. The first-order valence-corrected chi connectivity index (χ1v) is 7.89. The smallest absolute Gasteiger partial charge is 0.273 e. The monoisotopic (exact) mass is 306 g/mol. The molecule has 0 saturated carbocycles. The second-order valence-electron chi connectivity index (χ2n) is 3.61. The Kier molecular flexibility index (Phi) is 3.71. The summed E-state index contributed by atoms with van der Waals surface area (Å²) in [6, 6.07) is 3.50. The van der Waals surface area contributed by atoms with Crippen molar-refractivity contribution in [2.75, 3.05) is 0 Å². The van der Waals surface area contributed by atoms with Crippen LogP contribution in [0, 0.1) is 0 Å². The summed E-state index contributed by atoms with van der Waals surface area (Å²) in [6.07, 6.45) is 0.743. The lowest BCUT2D eigenvalue weighted by Gasteiger charge is -2.05. The van der Waals surface area contributed by atoms with Crippen LogP contribution in [0.2, 0.25) is 4.34 Å². The molecule has 18 heavy (non-hydrogen) atoms. The summed E-state index contributed by atoms with van der Waals surface area (Å²) in [5.74, 6) is 0.470. The third-order valence-electron chi connectivity index (χ3n) is 2.21. The Morgan fingerprint density at radius 1 is 1.44 bits per heavy atom. The molecule has 0 aliphatic carbocycles. The molecule has 0 saturated heterocycles. The highest BCUT2D eigenvalue weighted by atomic mass is 35.5. The molecule has 0 amide bonds. The van der Waals surface area contributed by atoms with Gasteiger partial charge in [0.1, 0.15) is 0 Å². The van der Waals surface area contributed by atoms with E-state index < -0.39 is 10.0 Å². The van der Waals surface area contributed by atoms with Gasteiger partial charge in [0, 0.05) is 6.54 Å². The number of thiophene rings is 1. The molecule has 0 atom stereocenters. The van der Waals surface area contributed by atoms with Crippen molar-refractivity contribution in [1.29, 1.82) is 0 Å². The van der Waals surface area contributed by atoms with E-state index in [1.165, 1.54) is 15.9 Å². The minimum absolute atomic E-state index is 0.219. The van der Waals surface area contributed by atoms with Gasteiger partial charge in [-0.3, -0.25) is 4.57 Å². The lowest BCUT2D eigenvalue weighted by molar-refractivity contribution is 0.560. The molecule has 2 aromatic heterocycles. The molecule has 2 heterocycles. The zero-order chi connectivity index (χ0) is 13.3. The maximum atomic E-state index is 11.4. The predicted molar refractivity (Wildman–Crippen MR) is 70.0 cm³/mol. The SMILES string of the molecule is CCCn1c(-c2ccc(Cl)s2)nnc1S(N)(=O)=O. The van der Waals surface area contributed by atoms with Crippen molar-refractivity contribution in [2.24, 2.45) is 5.14 Å². The molecule has 0 fully saturated rings. The highest BCUT2D eigenvalue weighted by Crippen LogP contribution is 2.30. The Labute approximate surface area is 113 Å². The van der Waals surface area contributed by atoms with E-state index in [9.17, 15) is 8.42 Å². The van der Waals surface area contributed by atoms with Crippen LogP contribution in [-0.2, 0) is 16.6 Å². The first-order valence-electron chi connectivity index (χ1n) is 5.15. The van der Waals surface area contributed by atoms with Crippen LogP contribution in [0.1, 0.15) is 13.3 Å². The maximum Gasteiger partial charge on any atom is 0.273 e. The van der Waals surface area contributed by atoms with Gasteiger partial charge in [-0.1, -0.05) is 18.5 Å². The highest BCUT2D eigenvalue weighted by molar-refractivity contribution is 7.89. The van der Waals surface area contributed by atoms with E-state index >= 15 is 0 Å². The van der Waals surface area contributed by atoms with Gasteiger partial charge in [-0.05, 0) is 18.6 Å². The van der Waals surface area contributed by atoms with Crippen LogP contribution < -0.4 is 5.14 Å². The summed E-state index contributed by atoms with van der Waals surface area (Å²) in [5.41, 5.74) is 0. The fraction of sp³-hybridized carbons (Fsp3) is 0.333. The molecular weight excluding hydrogens is 296 g/mol. The van der Waals surface area contributed by atoms with Gasteiger partial charge in [0.05, 0.1) is 9.21 Å². The summed E-state index contributed by atoms with van der Waals surface area (Å²) < 4.78 is 24.9. The Balaban J connectivity index is 2.59. The summed E-state index contributed by atoms with van der Waals surface area (Å²) >= 11 is 7.17. The van der Waals surface area contributed by atoms with Crippen LogP contribution in [-0.4, -0.2) is 23.2 Å². The van der Waals surface area contributed by atoms with Gasteiger partial charge >= 0.3 is 0 Å². The average molecular weight is 307 g/mol. The lowest BCUT2D eigenvalue weighted by Crippen LogP contribution is -2.18. The summed E-state index contributed by atoms with van der Waals surface area (Å²) in [7, 11) is -3.88. The highest BCUT2D eigenvalue weighted by Gasteiger charge is 2.22. The standard InChI is InChI=1S/C9H11ClN4O2S2/c1-2-5-14-8(6-3-4-7(10)17-6)12-13-9(14)18(11,15)16/h3-4H,2,5H2,1H3,(H2,11,15,16). The summed E-state index contributed by atoms with van der Waals surface area (Å²) in [6.45, 7) is 2.40. The summed E-state index contributed by atoms with van der Waals surface area (Å²) in [4.78, 5) is 0.760. The molecular formula is C9H11ClN4O2S2. The number of hydrogen-bond acceptors (Lipinski definition) is 5. The third-order valence-corrected chi connectivity index (χ3v) is 4.25. The molecule has 9 heteroatoms. The first-order chi connectivity index (χ1) is 8.43. The van der Waals surface area contributed by atoms with E-state index in [1.54, 1.807) is 12.1 Å². The zero-order valence-electron chi connectivity index (χ0n) is 9.50. The van der Waals surface area contributed by atoms with Crippen LogP contribution in [0.3, 0.4) is 0 Å². The normalized spacial score (nSPS) is 11.9. The summed E-state index contributed by atoms with van der Waals surface area (Å²) in [5, 5.41) is 12.4. The fourth-order valence-corrected chi connectivity index (χ4v) is 3.22. The number of aromatic nitrogens is 3. The van der Waals surface area contributed by atoms with E-state index in [0.29, 0.717) is 16.7 Å². The molecule has 6 nitrogen and oxygen atoms in total. The first kappa shape index (κ1) is 13.5. The van der Waals surface area contributed by atoms with Crippen molar-refractivity contribution < 1.29 is 8.42 Å². The van der Waals surface area contributed by atoms with E-state index in [-0.39, 0.29) is 5.16 Å². The Hall–Kier alpha value is -0.960. The zero-order valence-corrected chi connectivity index (χ0v) is 11.9. The van der Waals surface area contributed by atoms with Gasteiger partial charge in [-0.2, -0.15) is 0 Å². The van der Waals surface area contributed by atoms with Crippen LogP contribution in [0.5, 0.6) is 0 Å². The molecule has 0 aliphatic rings. The minimum Gasteiger partial charge on any atom is -0.296 e. The maximum absolute atomic E-state index is 11.4. The third kappa shape index (κ3) is 2.56. The molecule has 0 aromatic carbocycles. The van der Waals surface area contributed by atoms with Gasteiger partial charge in [-0.25, -0.2) is 13.6 Å². The molecule has 2 rings (SSSR count). The number of primary sulfonamides is 1. The Morgan fingerprint density at radius 2 is 2.17 bits per heavy atom. The lowest BCUT2D eigenvalue weighted by atomic mass is 10.4. The van der Waals surface area contributed by atoms with Crippen LogP contribution in [0.4, 0.5) is 0 Å². The van der Waals surface area contributed by atoms with Crippen LogP contribution in [0.15, 0.2) is 17.3 Å². The van der Waals surface area contributed by atoms with Crippen molar-refractivity contribution in [1.82, 2.24) is 14.8 Å². The van der Waals surface area contributed by atoms with Gasteiger partial charge in [0.2, 0.25) is 0 Å². The van der Waals surface area contributed by atoms with Crippen LogP contribution in [0.25, 0.3) is 10.7 Å². The van der Waals surface area contributed by atoms with Crippen molar-refractivity contribution in [3.8, 4) is 10.7 Å². The minimum atomic E-state index is -3.88. The van der Waals surface area contributed by atoms with E-state index in [0.717, 1.165) is 11.3 Å². The number of nitrogens with two attached hydrogens (primary N) is 1. The average Bonchev–Trinajstić information content (AvgIpc) is 2.83. The van der Waals surface area contributed by atoms with E-state index in [1.807, 2.05) is 6.92 Å². The second kappa shape index (κ2) is 4.96. The fourth-order valence-electron chi connectivity index (χ4n) is 1.54. The number of nitrogens with zero attached hydrogens (tertiary/aromatic N) is 3. The van der Waals surface area contributed by atoms with Crippen molar-refractivity contribution in [2.45, 2.75) is 25.0 Å². The Morgan fingerprint density at radius 3 is 2.67 bits per heavy atom. The van der Waals surface area contributed by atoms with Crippen molar-refractivity contribution >= 4 is 33.0 Å². The molecule has 0 aliphatic heterocycles. The predicted octanol–water partition coefficient (Wildman–Crippen LogP) is 1.72. The van der Waals surface area contributed by atoms with Crippen molar-refractivity contribution in [3.05, 3.63) is 16.5 Å².